The van der Waals surface area contributed by atoms with E-state index in [2.05, 4.69) is 32.6 Å². The number of nitrogens with one attached hydrogen (secondary N) is 2. The van der Waals surface area contributed by atoms with Gasteiger partial charge in [-0.3, -0.25) is 0 Å². The van der Waals surface area contributed by atoms with E-state index < -0.39 is 6.10 Å². The van der Waals surface area contributed by atoms with Gasteiger partial charge in [0, 0.05) is 3.57 Å². The Kier molecular flexibility index (Phi) is 3.16. The van der Waals surface area contributed by atoms with Crippen molar-refractivity contribution in [3.05, 3.63) is 67.6 Å². The molecule has 0 saturated heterocycles. The molecule has 0 spiro atoms. The van der Waals surface area contributed by atoms with Crippen LogP contribution in [0.25, 0.3) is 11.0 Å². The molecule has 0 radical (unpaired) electrons. The Morgan fingerprint density at radius 1 is 0.947 bits per heavy atom. The zero-order valence-electron chi connectivity index (χ0n) is 9.85. The van der Waals surface area contributed by atoms with Crippen molar-refractivity contribution in [2.75, 3.05) is 0 Å². The molecule has 2 aromatic carbocycles. The minimum Gasteiger partial charge on any atom is -0.384 e. The molecule has 4 nitrogen and oxygen atoms in total. The molecule has 0 saturated carbocycles. The first-order valence-electron chi connectivity index (χ1n) is 5.79. The van der Waals surface area contributed by atoms with E-state index in [4.69, 9.17) is 0 Å². The first kappa shape index (κ1) is 12.4. The lowest BCUT2D eigenvalue weighted by molar-refractivity contribution is 0.220. The monoisotopic (exact) mass is 366 g/mol. The number of aromatic nitrogens is 2. The Balaban J connectivity index is 2.03. The second kappa shape index (κ2) is 4.82. The normalized spacial score (nSPS) is 12.7. The summed E-state index contributed by atoms with van der Waals surface area (Å²) in [5, 5.41) is 10.3. The third-order valence-electron chi connectivity index (χ3n) is 3.04. The predicted molar refractivity (Wildman–Crippen MR) is 82.1 cm³/mol. The number of aliphatic hydroxyl groups excluding tert-OH is 1. The van der Waals surface area contributed by atoms with Crippen LogP contribution >= 0.6 is 22.6 Å². The standard InChI is InChI=1S/C14H11IN2O2/c15-10-4-1-8(2-5-10)13(18)9-3-6-11-12(7-9)17-14(19)16-11/h1-7,13,18H,(H2,16,17,19). The molecule has 0 aliphatic heterocycles. The van der Waals surface area contributed by atoms with Gasteiger partial charge < -0.3 is 15.1 Å². The average molecular weight is 366 g/mol. The maximum atomic E-state index is 11.2. The minimum absolute atomic E-state index is 0.240. The SMILES string of the molecule is O=c1[nH]c2ccc(C(O)c3ccc(I)cc3)cc2[nH]1. The molecule has 1 heterocycles. The molecule has 5 heteroatoms. The lowest BCUT2D eigenvalue weighted by Gasteiger charge is -2.11. The maximum absolute atomic E-state index is 11.2. The summed E-state index contributed by atoms with van der Waals surface area (Å²) in [6.45, 7) is 0. The van der Waals surface area contributed by atoms with Gasteiger partial charge in [0.15, 0.2) is 0 Å². The van der Waals surface area contributed by atoms with Crippen LogP contribution in [-0.4, -0.2) is 15.1 Å². The van der Waals surface area contributed by atoms with Gasteiger partial charge in [0.25, 0.3) is 0 Å². The van der Waals surface area contributed by atoms with E-state index in [0.717, 1.165) is 20.2 Å². The third kappa shape index (κ3) is 2.43. The van der Waals surface area contributed by atoms with E-state index in [1.807, 2.05) is 30.3 Å². The highest BCUT2D eigenvalue weighted by Gasteiger charge is 2.11. The first-order valence-corrected chi connectivity index (χ1v) is 6.87. The van der Waals surface area contributed by atoms with Crippen molar-refractivity contribution in [2.24, 2.45) is 0 Å². The highest BCUT2D eigenvalue weighted by Crippen LogP contribution is 2.24. The number of rotatable bonds is 2. The van der Waals surface area contributed by atoms with Gasteiger partial charge in [-0.25, -0.2) is 4.79 Å². The average Bonchev–Trinajstić information content (AvgIpc) is 2.77. The fraction of sp³-hybridized carbons (Fsp3) is 0.0714. The van der Waals surface area contributed by atoms with Crippen molar-refractivity contribution < 1.29 is 5.11 Å². The molecule has 0 aliphatic rings. The number of fused-ring (bicyclic) bond motifs is 1. The third-order valence-corrected chi connectivity index (χ3v) is 3.76. The topological polar surface area (TPSA) is 68.9 Å². The molecule has 0 fully saturated rings. The van der Waals surface area contributed by atoms with Gasteiger partial charge in [0.1, 0.15) is 6.10 Å². The van der Waals surface area contributed by atoms with Crippen LogP contribution in [0.2, 0.25) is 0 Å². The number of aromatic amines is 2. The highest BCUT2D eigenvalue weighted by atomic mass is 127. The van der Waals surface area contributed by atoms with Gasteiger partial charge in [0.05, 0.1) is 11.0 Å². The lowest BCUT2D eigenvalue weighted by Crippen LogP contribution is -2.00. The van der Waals surface area contributed by atoms with E-state index in [1.54, 1.807) is 12.1 Å². The van der Waals surface area contributed by atoms with E-state index in [0.29, 0.717) is 5.52 Å². The van der Waals surface area contributed by atoms with Gasteiger partial charge in [0.2, 0.25) is 0 Å². The molecule has 3 aromatic rings. The Morgan fingerprint density at radius 3 is 2.32 bits per heavy atom. The van der Waals surface area contributed by atoms with Gasteiger partial charge in [-0.15, -0.1) is 0 Å². The number of hydrogen-bond donors (Lipinski definition) is 3. The molecule has 0 aliphatic carbocycles. The van der Waals surface area contributed by atoms with Crippen LogP contribution < -0.4 is 5.69 Å². The molecule has 0 bridgehead atoms. The fourth-order valence-electron chi connectivity index (χ4n) is 2.06. The smallest absolute Gasteiger partial charge is 0.323 e. The molecule has 3 N–H and O–H groups in total. The lowest BCUT2D eigenvalue weighted by atomic mass is 10.0. The summed E-state index contributed by atoms with van der Waals surface area (Å²) in [7, 11) is 0. The number of H-pyrrole nitrogens is 2. The molecule has 96 valence electrons. The van der Waals surface area contributed by atoms with E-state index >= 15 is 0 Å². The van der Waals surface area contributed by atoms with E-state index in [-0.39, 0.29) is 5.69 Å². The number of benzene rings is 2. The van der Waals surface area contributed by atoms with Crippen molar-refractivity contribution in [3.8, 4) is 0 Å². The van der Waals surface area contributed by atoms with Crippen LogP contribution in [0.3, 0.4) is 0 Å². The second-order valence-electron chi connectivity index (χ2n) is 4.34. The number of imidazole rings is 1. The summed E-state index contributed by atoms with van der Waals surface area (Å²) in [5.74, 6) is 0. The fourth-order valence-corrected chi connectivity index (χ4v) is 2.42. The van der Waals surface area contributed by atoms with Crippen LogP contribution in [0.1, 0.15) is 17.2 Å². The van der Waals surface area contributed by atoms with Gasteiger partial charge in [-0.2, -0.15) is 0 Å². The molecule has 1 aromatic heterocycles. The molecule has 1 unspecified atom stereocenters. The van der Waals surface area contributed by atoms with Gasteiger partial charge in [-0.05, 0) is 58.0 Å². The minimum atomic E-state index is -0.695. The Labute approximate surface area is 122 Å². The van der Waals surface area contributed by atoms with Crippen LogP contribution in [0.15, 0.2) is 47.3 Å². The predicted octanol–water partition coefficient (Wildman–Crippen LogP) is 2.54. The summed E-state index contributed by atoms with van der Waals surface area (Å²) in [5.41, 5.74) is 2.79. The van der Waals surface area contributed by atoms with Crippen molar-refractivity contribution in [1.82, 2.24) is 9.97 Å². The number of halogens is 1. The Bertz CT molecular complexity index is 774. The highest BCUT2D eigenvalue weighted by molar-refractivity contribution is 14.1. The van der Waals surface area contributed by atoms with E-state index in [9.17, 15) is 9.90 Å². The quantitative estimate of drug-likeness (QED) is 0.611. The summed E-state index contributed by atoms with van der Waals surface area (Å²) in [6.07, 6.45) is -0.695. The Morgan fingerprint density at radius 2 is 1.58 bits per heavy atom. The van der Waals surface area contributed by atoms with Crippen LogP contribution in [0.5, 0.6) is 0 Å². The molecule has 19 heavy (non-hydrogen) atoms. The number of aliphatic hydroxyl groups is 1. The van der Waals surface area contributed by atoms with Crippen molar-refractivity contribution >= 4 is 33.6 Å². The van der Waals surface area contributed by atoms with Crippen LogP contribution in [0.4, 0.5) is 0 Å². The zero-order valence-corrected chi connectivity index (χ0v) is 12.0. The van der Waals surface area contributed by atoms with Gasteiger partial charge >= 0.3 is 5.69 Å². The Hall–Kier alpha value is -1.60. The number of hydrogen-bond acceptors (Lipinski definition) is 2. The second-order valence-corrected chi connectivity index (χ2v) is 5.58. The molecule has 3 rings (SSSR count). The first-order chi connectivity index (χ1) is 9.13. The van der Waals surface area contributed by atoms with E-state index in [1.165, 1.54) is 0 Å². The molecular formula is C14H11IN2O2. The zero-order chi connectivity index (χ0) is 13.4. The summed E-state index contributed by atoms with van der Waals surface area (Å²) < 4.78 is 1.12. The maximum Gasteiger partial charge on any atom is 0.323 e. The molecular weight excluding hydrogens is 355 g/mol. The largest absolute Gasteiger partial charge is 0.384 e. The van der Waals surface area contributed by atoms with Crippen molar-refractivity contribution in [1.29, 1.82) is 0 Å². The van der Waals surface area contributed by atoms with Crippen molar-refractivity contribution in [2.45, 2.75) is 6.10 Å². The van der Waals surface area contributed by atoms with Crippen LogP contribution in [0, 0.1) is 3.57 Å². The van der Waals surface area contributed by atoms with Crippen molar-refractivity contribution in [3.63, 3.8) is 0 Å². The van der Waals surface area contributed by atoms with Gasteiger partial charge in [-0.1, -0.05) is 18.2 Å². The summed E-state index contributed by atoms with van der Waals surface area (Å²) >= 11 is 2.22. The molecule has 1 atom stereocenters. The van der Waals surface area contributed by atoms with Crippen LogP contribution in [-0.2, 0) is 0 Å². The summed E-state index contributed by atoms with van der Waals surface area (Å²) in [6, 6.07) is 13.1. The molecule has 0 amide bonds. The summed E-state index contributed by atoms with van der Waals surface area (Å²) in [4.78, 5) is 16.6.